The second-order valence-electron chi connectivity index (χ2n) is 4.53. The van der Waals surface area contributed by atoms with Gasteiger partial charge in [0, 0.05) is 23.6 Å². The highest BCUT2D eigenvalue weighted by Crippen LogP contribution is 2.21. The number of para-hydroxylation sites is 1. The maximum absolute atomic E-state index is 11.5. The molecule has 6 heteroatoms. The number of hydrogen-bond acceptors (Lipinski definition) is 5. The minimum absolute atomic E-state index is 0.0770. The number of aryl methyl sites for hydroxylation is 1. The number of nitrogens with zero attached hydrogens (tertiary/aromatic N) is 1. The number of aliphatic hydroxyl groups excluding tert-OH is 1. The SMILES string of the molecule is Cc1nc(COc2ccccc2/C=C/C(=O)NCCO)cs1. The van der Waals surface area contributed by atoms with E-state index in [1.165, 1.54) is 6.08 Å². The fourth-order valence-electron chi connectivity index (χ4n) is 1.78. The summed E-state index contributed by atoms with van der Waals surface area (Å²) in [5.41, 5.74) is 1.70. The topological polar surface area (TPSA) is 71.5 Å². The molecule has 22 heavy (non-hydrogen) atoms. The van der Waals surface area contributed by atoms with Gasteiger partial charge in [0.1, 0.15) is 12.4 Å². The zero-order chi connectivity index (χ0) is 15.8. The highest BCUT2D eigenvalue weighted by molar-refractivity contribution is 7.09. The molecule has 0 aliphatic carbocycles. The predicted molar refractivity (Wildman–Crippen MR) is 86.8 cm³/mol. The smallest absolute Gasteiger partial charge is 0.244 e. The standard InChI is InChI=1S/C16H18N2O3S/c1-12-18-14(11-22-12)10-21-15-5-3-2-4-13(15)6-7-16(20)17-8-9-19/h2-7,11,19H,8-10H2,1H3,(H,17,20)/b7-6+. The molecule has 1 amide bonds. The van der Waals surface area contributed by atoms with E-state index in [9.17, 15) is 4.79 Å². The molecule has 0 atom stereocenters. The maximum atomic E-state index is 11.5. The van der Waals surface area contributed by atoms with E-state index in [0.717, 1.165) is 16.3 Å². The molecule has 1 heterocycles. The molecular weight excluding hydrogens is 300 g/mol. The zero-order valence-corrected chi connectivity index (χ0v) is 13.1. The van der Waals surface area contributed by atoms with Crippen molar-refractivity contribution in [3.8, 4) is 5.75 Å². The molecule has 2 aromatic rings. The number of ether oxygens (including phenoxy) is 1. The second kappa shape index (κ2) is 8.31. The van der Waals surface area contributed by atoms with Crippen LogP contribution in [0.1, 0.15) is 16.3 Å². The fraction of sp³-hybridized carbons (Fsp3) is 0.250. The first-order valence-electron chi connectivity index (χ1n) is 6.88. The average molecular weight is 318 g/mol. The van der Waals surface area contributed by atoms with E-state index in [-0.39, 0.29) is 19.1 Å². The number of aromatic nitrogens is 1. The lowest BCUT2D eigenvalue weighted by Crippen LogP contribution is -2.24. The second-order valence-corrected chi connectivity index (χ2v) is 5.59. The van der Waals surface area contributed by atoms with Crippen molar-refractivity contribution in [1.29, 1.82) is 0 Å². The molecule has 0 saturated heterocycles. The van der Waals surface area contributed by atoms with Crippen molar-refractivity contribution >= 4 is 23.3 Å². The molecule has 0 bridgehead atoms. The van der Waals surface area contributed by atoms with Crippen LogP contribution in [0.15, 0.2) is 35.7 Å². The largest absolute Gasteiger partial charge is 0.487 e. The molecule has 0 unspecified atom stereocenters. The van der Waals surface area contributed by atoms with Gasteiger partial charge in [0.05, 0.1) is 17.3 Å². The molecular formula is C16H18N2O3S. The first-order valence-corrected chi connectivity index (χ1v) is 7.76. The maximum Gasteiger partial charge on any atom is 0.244 e. The van der Waals surface area contributed by atoms with Crippen molar-refractivity contribution < 1.29 is 14.6 Å². The minimum Gasteiger partial charge on any atom is -0.487 e. The lowest BCUT2D eigenvalue weighted by Gasteiger charge is -2.07. The molecule has 0 spiro atoms. The van der Waals surface area contributed by atoms with Crippen molar-refractivity contribution in [2.75, 3.05) is 13.2 Å². The average Bonchev–Trinajstić information content (AvgIpc) is 2.95. The molecule has 1 aromatic heterocycles. The summed E-state index contributed by atoms with van der Waals surface area (Å²) in [6, 6.07) is 7.48. The first kappa shape index (κ1) is 16.2. The number of aliphatic hydroxyl groups is 1. The van der Waals surface area contributed by atoms with Gasteiger partial charge in [0.2, 0.25) is 5.91 Å². The highest BCUT2D eigenvalue weighted by Gasteiger charge is 2.03. The van der Waals surface area contributed by atoms with E-state index in [2.05, 4.69) is 10.3 Å². The number of thiazole rings is 1. The van der Waals surface area contributed by atoms with Gasteiger partial charge in [0.25, 0.3) is 0 Å². The van der Waals surface area contributed by atoms with E-state index in [0.29, 0.717) is 12.4 Å². The van der Waals surface area contributed by atoms with E-state index in [1.54, 1.807) is 17.4 Å². The summed E-state index contributed by atoms with van der Waals surface area (Å²) in [5, 5.41) is 14.2. The van der Waals surface area contributed by atoms with E-state index < -0.39 is 0 Å². The monoisotopic (exact) mass is 318 g/mol. The van der Waals surface area contributed by atoms with Crippen LogP contribution in [0.25, 0.3) is 6.08 Å². The quantitative estimate of drug-likeness (QED) is 0.767. The molecule has 1 aromatic carbocycles. The van der Waals surface area contributed by atoms with Crippen LogP contribution in [-0.2, 0) is 11.4 Å². The molecule has 0 radical (unpaired) electrons. The number of rotatable bonds is 7. The molecule has 116 valence electrons. The molecule has 0 aliphatic heterocycles. The van der Waals surface area contributed by atoms with Crippen LogP contribution < -0.4 is 10.1 Å². The van der Waals surface area contributed by atoms with Gasteiger partial charge in [-0.15, -0.1) is 11.3 Å². The van der Waals surface area contributed by atoms with Crippen LogP contribution in [0.2, 0.25) is 0 Å². The summed E-state index contributed by atoms with van der Waals surface area (Å²) in [7, 11) is 0. The van der Waals surface area contributed by atoms with Crippen LogP contribution in [-0.4, -0.2) is 29.1 Å². The van der Waals surface area contributed by atoms with Gasteiger partial charge >= 0.3 is 0 Å². The number of carbonyl (C=O) groups excluding carboxylic acids is 1. The Balaban J connectivity index is 2.00. The Hall–Kier alpha value is -2.18. The van der Waals surface area contributed by atoms with Crippen LogP contribution >= 0.6 is 11.3 Å². The minimum atomic E-state index is -0.251. The van der Waals surface area contributed by atoms with E-state index in [4.69, 9.17) is 9.84 Å². The fourth-order valence-corrected chi connectivity index (χ4v) is 2.38. The van der Waals surface area contributed by atoms with Gasteiger partial charge in [-0.3, -0.25) is 4.79 Å². The van der Waals surface area contributed by atoms with Crippen molar-refractivity contribution in [1.82, 2.24) is 10.3 Å². The Bertz CT molecular complexity index is 652. The summed E-state index contributed by atoms with van der Waals surface area (Å²) in [6.45, 7) is 2.51. The van der Waals surface area contributed by atoms with Gasteiger partial charge in [-0.1, -0.05) is 18.2 Å². The van der Waals surface area contributed by atoms with Gasteiger partial charge < -0.3 is 15.2 Å². The summed E-state index contributed by atoms with van der Waals surface area (Å²) >= 11 is 1.59. The van der Waals surface area contributed by atoms with Gasteiger partial charge in [0.15, 0.2) is 0 Å². The normalized spacial score (nSPS) is 10.8. The molecule has 2 rings (SSSR count). The summed E-state index contributed by atoms with van der Waals surface area (Å²) < 4.78 is 5.77. The first-order chi connectivity index (χ1) is 10.7. The Morgan fingerprint density at radius 2 is 2.27 bits per heavy atom. The van der Waals surface area contributed by atoms with Crippen LogP contribution in [0.4, 0.5) is 0 Å². The summed E-state index contributed by atoms with van der Waals surface area (Å²) in [4.78, 5) is 15.9. The Kier molecular flexibility index (Phi) is 6.12. The van der Waals surface area contributed by atoms with Crippen LogP contribution in [0, 0.1) is 6.92 Å². The number of benzene rings is 1. The molecule has 5 nitrogen and oxygen atoms in total. The predicted octanol–water partition coefficient (Wildman–Crippen LogP) is 2.15. The molecule has 0 fully saturated rings. The number of carbonyl (C=O) groups is 1. The van der Waals surface area contributed by atoms with Gasteiger partial charge in [-0.05, 0) is 19.1 Å². The van der Waals surface area contributed by atoms with E-state index >= 15 is 0 Å². The number of hydrogen-bond donors (Lipinski definition) is 2. The molecule has 0 aliphatic rings. The van der Waals surface area contributed by atoms with Crippen molar-refractivity contribution in [3.05, 3.63) is 52.0 Å². The highest BCUT2D eigenvalue weighted by atomic mass is 32.1. The molecule has 0 saturated carbocycles. The lowest BCUT2D eigenvalue weighted by molar-refractivity contribution is -0.116. The van der Waals surface area contributed by atoms with Gasteiger partial charge in [-0.2, -0.15) is 0 Å². The Morgan fingerprint density at radius 1 is 1.45 bits per heavy atom. The van der Waals surface area contributed by atoms with Crippen molar-refractivity contribution in [2.24, 2.45) is 0 Å². The van der Waals surface area contributed by atoms with Crippen LogP contribution in [0.3, 0.4) is 0 Å². The third-order valence-electron chi connectivity index (χ3n) is 2.79. The molecule has 2 N–H and O–H groups in total. The number of amides is 1. The Labute approximate surface area is 133 Å². The third kappa shape index (κ3) is 4.98. The lowest BCUT2D eigenvalue weighted by atomic mass is 10.2. The van der Waals surface area contributed by atoms with Crippen molar-refractivity contribution in [3.63, 3.8) is 0 Å². The van der Waals surface area contributed by atoms with Crippen molar-refractivity contribution in [2.45, 2.75) is 13.5 Å². The van der Waals surface area contributed by atoms with Crippen LogP contribution in [0.5, 0.6) is 5.75 Å². The van der Waals surface area contributed by atoms with E-state index in [1.807, 2.05) is 36.6 Å². The number of nitrogens with one attached hydrogen (secondary N) is 1. The summed E-state index contributed by atoms with van der Waals surface area (Å²) in [6.07, 6.45) is 3.11. The Morgan fingerprint density at radius 3 is 3.00 bits per heavy atom. The van der Waals surface area contributed by atoms with Gasteiger partial charge in [-0.25, -0.2) is 4.98 Å². The zero-order valence-electron chi connectivity index (χ0n) is 12.3. The summed E-state index contributed by atoms with van der Waals surface area (Å²) in [5.74, 6) is 0.443. The third-order valence-corrected chi connectivity index (χ3v) is 3.61.